The lowest BCUT2D eigenvalue weighted by molar-refractivity contribution is -0.139. The highest BCUT2D eigenvalue weighted by atomic mass is 16.2. The van der Waals surface area contributed by atoms with Crippen LogP contribution in [0.3, 0.4) is 0 Å². The fraction of sp³-hybridized carbons (Fsp3) is 0.714. The Morgan fingerprint density at radius 2 is 2.14 bits per heavy atom. The molecule has 2 aliphatic heterocycles. The first-order chi connectivity index (χ1) is 10.0. The average molecular weight is 294 g/mol. The van der Waals surface area contributed by atoms with Crippen LogP contribution in [-0.2, 0) is 14.4 Å². The van der Waals surface area contributed by atoms with E-state index in [1.807, 2.05) is 0 Å². The van der Waals surface area contributed by atoms with Gasteiger partial charge in [0.25, 0.3) is 5.91 Å². The topological polar surface area (TPSA) is 82.1 Å². The number of piperazine rings is 1. The molecule has 3 amide bonds. The molecule has 0 bridgehead atoms. The first-order valence-corrected chi connectivity index (χ1v) is 7.47. The lowest BCUT2D eigenvalue weighted by Gasteiger charge is -2.36. The van der Waals surface area contributed by atoms with E-state index in [0.29, 0.717) is 38.1 Å². The monoisotopic (exact) mass is 294 g/mol. The van der Waals surface area contributed by atoms with Crippen molar-refractivity contribution < 1.29 is 14.4 Å². The van der Waals surface area contributed by atoms with Gasteiger partial charge in [0.1, 0.15) is 11.8 Å². The zero-order chi connectivity index (χ0) is 15.4. The van der Waals surface area contributed by atoms with Crippen molar-refractivity contribution in [2.75, 3.05) is 20.1 Å². The van der Waals surface area contributed by atoms with Crippen LogP contribution in [0.5, 0.6) is 0 Å². The Kier molecular flexibility index (Phi) is 4.93. The molecule has 0 radical (unpaired) electrons. The third-order valence-electron chi connectivity index (χ3n) is 3.88. The fourth-order valence-electron chi connectivity index (χ4n) is 2.63. The molecule has 0 spiro atoms. The molecular formula is C14H22N4O3. The second-order valence-electron chi connectivity index (χ2n) is 5.41. The van der Waals surface area contributed by atoms with Gasteiger partial charge in [-0.1, -0.05) is 19.8 Å². The highest BCUT2D eigenvalue weighted by Crippen LogP contribution is 2.16. The van der Waals surface area contributed by atoms with E-state index in [-0.39, 0.29) is 17.7 Å². The van der Waals surface area contributed by atoms with E-state index in [0.717, 1.165) is 12.8 Å². The van der Waals surface area contributed by atoms with E-state index in [1.165, 1.54) is 5.01 Å². The van der Waals surface area contributed by atoms with E-state index in [1.54, 1.807) is 11.9 Å². The second kappa shape index (κ2) is 6.69. The number of nitrogens with one attached hydrogen (secondary N) is 1. The van der Waals surface area contributed by atoms with Crippen LogP contribution in [0.4, 0.5) is 0 Å². The zero-order valence-electron chi connectivity index (χ0n) is 12.6. The van der Waals surface area contributed by atoms with E-state index in [4.69, 9.17) is 0 Å². The van der Waals surface area contributed by atoms with E-state index in [9.17, 15) is 14.4 Å². The summed E-state index contributed by atoms with van der Waals surface area (Å²) in [5, 5.41) is 8.07. The molecule has 1 saturated heterocycles. The van der Waals surface area contributed by atoms with E-state index in [2.05, 4.69) is 17.3 Å². The molecule has 1 N–H and O–H groups in total. The van der Waals surface area contributed by atoms with Gasteiger partial charge in [-0.25, -0.2) is 5.01 Å². The van der Waals surface area contributed by atoms with Crippen molar-refractivity contribution in [3.63, 3.8) is 0 Å². The predicted octanol–water partition coefficient (Wildman–Crippen LogP) is 0.112. The van der Waals surface area contributed by atoms with Gasteiger partial charge in [0.15, 0.2) is 0 Å². The standard InChI is InChI=1S/C14H22N4O3/c1-3-4-5-11-13(20)15-8-9-18(11)14(21)10-6-7-12(19)17(2)16-10/h11H,3-9H2,1-2H3,(H,15,20)/t11-/m0/s1. The molecule has 2 heterocycles. The lowest BCUT2D eigenvalue weighted by Crippen LogP contribution is -2.58. The van der Waals surface area contributed by atoms with Gasteiger partial charge in [0.2, 0.25) is 11.8 Å². The third-order valence-corrected chi connectivity index (χ3v) is 3.88. The minimum atomic E-state index is -0.420. The predicted molar refractivity (Wildman–Crippen MR) is 77.5 cm³/mol. The second-order valence-corrected chi connectivity index (χ2v) is 5.41. The summed E-state index contributed by atoms with van der Waals surface area (Å²) < 4.78 is 0. The molecule has 0 aromatic heterocycles. The van der Waals surface area contributed by atoms with Gasteiger partial charge in [0.05, 0.1) is 0 Å². The van der Waals surface area contributed by atoms with Crippen LogP contribution in [0.15, 0.2) is 5.10 Å². The Morgan fingerprint density at radius 3 is 2.81 bits per heavy atom. The Balaban J connectivity index is 2.13. The molecule has 0 aromatic rings. The van der Waals surface area contributed by atoms with Crippen molar-refractivity contribution in [2.45, 2.75) is 45.1 Å². The Morgan fingerprint density at radius 1 is 1.38 bits per heavy atom. The summed E-state index contributed by atoms with van der Waals surface area (Å²) in [5.74, 6) is -0.403. The molecule has 7 nitrogen and oxygen atoms in total. The van der Waals surface area contributed by atoms with Gasteiger partial charge in [-0.15, -0.1) is 0 Å². The van der Waals surface area contributed by atoms with E-state index < -0.39 is 6.04 Å². The Bertz CT molecular complexity index is 475. The lowest BCUT2D eigenvalue weighted by atomic mass is 10.0. The van der Waals surface area contributed by atoms with Crippen molar-refractivity contribution in [1.82, 2.24) is 15.2 Å². The molecule has 0 unspecified atom stereocenters. The van der Waals surface area contributed by atoms with Crippen LogP contribution >= 0.6 is 0 Å². The van der Waals surface area contributed by atoms with Gasteiger partial charge in [0, 0.05) is 33.0 Å². The summed E-state index contributed by atoms with van der Waals surface area (Å²) in [6.07, 6.45) is 3.17. The molecule has 1 atom stereocenters. The van der Waals surface area contributed by atoms with Crippen LogP contribution in [0.2, 0.25) is 0 Å². The molecular weight excluding hydrogens is 272 g/mol. The summed E-state index contributed by atoms with van der Waals surface area (Å²) in [4.78, 5) is 37.6. The van der Waals surface area contributed by atoms with Crippen LogP contribution in [0.1, 0.15) is 39.0 Å². The molecule has 0 aliphatic carbocycles. The van der Waals surface area contributed by atoms with Gasteiger partial charge >= 0.3 is 0 Å². The van der Waals surface area contributed by atoms with Crippen molar-refractivity contribution >= 4 is 23.4 Å². The minimum Gasteiger partial charge on any atom is -0.353 e. The first kappa shape index (κ1) is 15.5. The van der Waals surface area contributed by atoms with Crippen molar-refractivity contribution in [2.24, 2.45) is 5.10 Å². The van der Waals surface area contributed by atoms with E-state index >= 15 is 0 Å². The number of rotatable bonds is 4. The van der Waals surface area contributed by atoms with Gasteiger partial charge in [-0.2, -0.15) is 5.10 Å². The number of nitrogens with zero attached hydrogens (tertiary/aromatic N) is 3. The number of hydrazone groups is 1. The van der Waals surface area contributed by atoms with Gasteiger partial charge < -0.3 is 10.2 Å². The van der Waals surface area contributed by atoms with Crippen molar-refractivity contribution in [3.8, 4) is 0 Å². The van der Waals surface area contributed by atoms with Crippen molar-refractivity contribution in [1.29, 1.82) is 0 Å². The van der Waals surface area contributed by atoms with Crippen LogP contribution < -0.4 is 5.32 Å². The summed E-state index contributed by atoms with van der Waals surface area (Å²) >= 11 is 0. The van der Waals surface area contributed by atoms with Crippen LogP contribution in [-0.4, -0.2) is 59.5 Å². The molecule has 0 aromatic carbocycles. The molecule has 7 heteroatoms. The number of hydrogen-bond acceptors (Lipinski definition) is 4. The molecule has 2 aliphatic rings. The number of hydrogen-bond donors (Lipinski definition) is 1. The minimum absolute atomic E-state index is 0.0922. The smallest absolute Gasteiger partial charge is 0.270 e. The van der Waals surface area contributed by atoms with Crippen molar-refractivity contribution in [3.05, 3.63) is 0 Å². The van der Waals surface area contributed by atoms with Crippen LogP contribution in [0.25, 0.3) is 0 Å². The molecule has 21 heavy (non-hydrogen) atoms. The van der Waals surface area contributed by atoms with Crippen LogP contribution in [0, 0.1) is 0 Å². The first-order valence-electron chi connectivity index (χ1n) is 7.47. The van der Waals surface area contributed by atoms with Gasteiger partial charge in [-0.05, 0) is 6.42 Å². The SMILES string of the molecule is CCCC[C@H]1C(=O)NCCN1C(=O)C1=NN(C)C(=O)CC1. The Labute approximate surface area is 124 Å². The largest absolute Gasteiger partial charge is 0.353 e. The summed E-state index contributed by atoms with van der Waals surface area (Å²) in [7, 11) is 1.55. The summed E-state index contributed by atoms with van der Waals surface area (Å²) in [5.41, 5.74) is 0.369. The normalized spacial score (nSPS) is 23.0. The van der Waals surface area contributed by atoms with Gasteiger partial charge in [-0.3, -0.25) is 14.4 Å². The molecule has 0 saturated carbocycles. The maximum absolute atomic E-state index is 12.6. The maximum atomic E-state index is 12.6. The maximum Gasteiger partial charge on any atom is 0.270 e. The quantitative estimate of drug-likeness (QED) is 0.799. The number of unbranched alkanes of at least 4 members (excludes halogenated alkanes) is 1. The summed E-state index contributed by atoms with van der Waals surface area (Å²) in [6, 6.07) is -0.420. The third kappa shape index (κ3) is 3.40. The molecule has 116 valence electrons. The Hall–Kier alpha value is -1.92. The number of amides is 3. The molecule has 2 rings (SSSR count). The fourth-order valence-corrected chi connectivity index (χ4v) is 2.63. The molecule has 1 fully saturated rings. The average Bonchev–Trinajstić information content (AvgIpc) is 2.48. The highest BCUT2D eigenvalue weighted by molar-refractivity contribution is 6.39. The zero-order valence-corrected chi connectivity index (χ0v) is 12.6. The number of carbonyl (C=O) groups is 3. The highest BCUT2D eigenvalue weighted by Gasteiger charge is 2.35. The number of carbonyl (C=O) groups excluding carboxylic acids is 3. The summed E-state index contributed by atoms with van der Waals surface area (Å²) in [6.45, 7) is 3.02.